The Balaban J connectivity index is 2.39. The molecule has 0 radical (unpaired) electrons. The van der Waals surface area contributed by atoms with Gasteiger partial charge >= 0.3 is 6.18 Å². The fourth-order valence-electron chi connectivity index (χ4n) is 1.96. The highest BCUT2D eigenvalue weighted by Crippen LogP contribution is 2.32. The van der Waals surface area contributed by atoms with Crippen molar-refractivity contribution < 1.29 is 22.4 Å². The van der Waals surface area contributed by atoms with Crippen molar-refractivity contribution in [2.75, 3.05) is 0 Å². The van der Waals surface area contributed by atoms with Crippen LogP contribution in [0, 0.1) is 5.82 Å². The fourth-order valence-corrected chi connectivity index (χ4v) is 2.33. The van der Waals surface area contributed by atoms with Crippen LogP contribution in [0.25, 0.3) is 0 Å². The summed E-state index contributed by atoms with van der Waals surface area (Å²) in [5.74, 6) is -1.31. The van der Waals surface area contributed by atoms with Gasteiger partial charge in [-0.3, -0.25) is 4.79 Å². The van der Waals surface area contributed by atoms with Gasteiger partial charge in [0.15, 0.2) is 0 Å². The van der Waals surface area contributed by atoms with E-state index in [1.165, 1.54) is 6.07 Å². The Morgan fingerprint density at radius 3 is 2.43 bits per heavy atom. The van der Waals surface area contributed by atoms with Crippen LogP contribution in [0.15, 0.2) is 40.9 Å². The first-order valence-corrected chi connectivity index (χ1v) is 6.70. The summed E-state index contributed by atoms with van der Waals surface area (Å²) in [5.41, 5.74) is -0.0610. The van der Waals surface area contributed by atoms with E-state index >= 15 is 0 Å². The molecule has 6 heteroatoms. The third-order valence-electron chi connectivity index (χ3n) is 2.97. The van der Waals surface area contributed by atoms with Gasteiger partial charge in [-0.2, -0.15) is 13.2 Å². The first-order chi connectivity index (χ1) is 9.81. The largest absolute Gasteiger partial charge is 0.419 e. The molecule has 0 aliphatic carbocycles. The van der Waals surface area contributed by atoms with Crippen molar-refractivity contribution in [3.8, 4) is 0 Å². The van der Waals surface area contributed by atoms with E-state index < -0.39 is 17.6 Å². The van der Waals surface area contributed by atoms with Crippen LogP contribution in [0.3, 0.4) is 0 Å². The van der Waals surface area contributed by atoms with Crippen molar-refractivity contribution >= 4 is 22.2 Å². The molecule has 0 aliphatic heterocycles. The zero-order valence-corrected chi connectivity index (χ0v) is 12.1. The van der Waals surface area contributed by atoms with E-state index in [4.69, 9.17) is 0 Å². The molecule has 0 N–H and O–H groups in total. The number of alkyl halides is 3. The van der Waals surface area contributed by atoms with E-state index in [9.17, 15) is 22.4 Å². The molecular formula is C15H9BrF4O. The summed E-state index contributed by atoms with van der Waals surface area (Å²) in [6.45, 7) is 0. The van der Waals surface area contributed by atoms with Crippen LogP contribution < -0.4 is 0 Å². The summed E-state index contributed by atoms with van der Waals surface area (Å²) in [7, 11) is 0. The van der Waals surface area contributed by atoms with E-state index in [0.29, 0.717) is 21.9 Å². The maximum atomic E-state index is 13.2. The fraction of sp³-hybridized carbons (Fsp3) is 0.133. The average Bonchev–Trinajstić information content (AvgIpc) is 2.41. The quantitative estimate of drug-likeness (QED) is 0.555. The predicted molar refractivity (Wildman–Crippen MR) is 73.7 cm³/mol. The van der Waals surface area contributed by atoms with Crippen LogP contribution in [-0.4, -0.2) is 6.29 Å². The van der Waals surface area contributed by atoms with Gasteiger partial charge in [0.1, 0.15) is 12.1 Å². The molecule has 0 saturated carbocycles. The van der Waals surface area contributed by atoms with Crippen molar-refractivity contribution in [2.45, 2.75) is 12.6 Å². The van der Waals surface area contributed by atoms with Gasteiger partial charge in [0, 0.05) is 10.0 Å². The maximum Gasteiger partial charge on any atom is 0.419 e. The lowest BCUT2D eigenvalue weighted by Gasteiger charge is -2.11. The Morgan fingerprint density at radius 1 is 1.10 bits per heavy atom. The number of hydrogen-bond donors (Lipinski definition) is 0. The summed E-state index contributed by atoms with van der Waals surface area (Å²) >= 11 is 3.21. The zero-order chi connectivity index (χ0) is 15.6. The Hall–Kier alpha value is -1.69. The van der Waals surface area contributed by atoms with Crippen LogP contribution in [0.1, 0.15) is 27.0 Å². The second-order valence-corrected chi connectivity index (χ2v) is 5.37. The highest BCUT2D eigenvalue weighted by Gasteiger charge is 2.34. The van der Waals surface area contributed by atoms with Crippen molar-refractivity contribution in [3.63, 3.8) is 0 Å². The van der Waals surface area contributed by atoms with Gasteiger partial charge < -0.3 is 0 Å². The predicted octanol–water partition coefficient (Wildman–Crippen LogP) is 5.01. The van der Waals surface area contributed by atoms with Gasteiger partial charge in [-0.1, -0.05) is 28.1 Å². The minimum absolute atomic E-state index is 0.116. The minimum atomic E-state index is -4.74. The van der Waals surface area contributed by atoms with Gasteiger partial charge in [-0.25, -0.2) is 4.39 Å². The van der Waals surface area contributed by atoms with Crippen LogP contribution in [0.4, 0.5) is 17.6 Å². The SMILES string of the molecule is O=Cc1cc(Br)ccc1Cc1ccc(F)c(C(F)(F)F)c1. The smallest absolute Gasteiger partial charge is 0.298 e. The molecule has 0 heterocycles. The molecule has 0 fully saturated rings. The normalized spacial score (nSPS) is 11.5. The average molecular weight is 361 g/mol. The number of hydrogen-bond acceptors (Lipinski definition) is 1. The lowest BCUT2D eigenvalue weighted by Crippen LogP contribution is -2.09. The summed E-state index contributed by atoms with van der Waals surface area (Å²) < 4.78 is 51.9. The number of halogens is 5. The van der Waals surface area contributed by atoms with E-state index in [-0.39, 0.29) is 12.0 Å². The molecule has 0 bridgehead atoms. The molecule has 0 atom stereocenters. The molecule has 0 spiro atoms. The molecule has 0 saturated heterocycles. The van der Waals surface area contributed by atoms with Crippen molar-refractivity contribution in [1.29, 1.82) is 0 Å². The molecular weight excluding hydrogens is 352 g/mol. The van der Waals surface area contributed by atoms with Gasteiger partial charge in [0.25, 0.3) is 0 Å². The molecule has 2 aromatic rings. The molecule has 0 aliphatic rings. The zero-order valence-electron chi connectivity index (χ0n) is 10.5. The van der Waals surface area contributed by atoms with Gasteiger partial charge in [0.2, 0.25) is 0 Å². The standard InChI is InChI=1S/C15H9BrF4O/c16-12-3-2-10(11(7-12)8-21)5-9-1-4-14(17)13(6-9)15(18,19)20/h1-4,6-8H,5H2. The topological polar surface area (TPSA) is 17.1 Å². The van der Waals surface area contributed by atoms with Gasteiger partial charge in [-0.05, 0) is 41.8 Å². The molecule has 21 heavy (non-hydrogen) atoms. The van der Waals surface area contributed by atoms with Crippen molar-refractivity contribution in [1.82, 2.24) is 0 Å². The van der Waals surface area contributed by atoms with Crippen molar-refractivity contribution in [3.05, 3.63) is 68.9 Å². The highest BCUT2D eigenvalue weighted by molar-refractivity contribution is 9.10. The molecule has 0 aromatic heterocycles. The third-order valence-corrected chi connectivity index (χ3v) is 3.46. The van der Waals surface area contributed by atoms with Crippen LogP contribution >= 0.6 is 15.9 Å². The molecule has 2 rings (SSSR count). The number of carbonyl (C=O) groups excluding carboxylic acids is 1. The lowest BCUT2D eigenvalue weighted by molar-refractivity contribution is -0.140. The molecule has 1 nitrogen and oxygen atoms in total. The molecule has 0 unspecified atom stereocenters. The number of aldehydes is 1. The van der Waals surface area contributed by atoms with Crippen LogP contribution in [0.2, 0.25) is 0 Å². The summed E-state index contributed by atoms with van der Waals surface area (Å²) in [4.78, 5) is 11.0. The highest BCUT2D eigenvalue weighted by atomic mass is 79.9. The summed E-state index contributed by atoms with van der Waals surface area (Å²) in [6.07, 6.45) is -3.99. The Kier molecular flexibility index (Phi) is 4.46. The Morgan fingerprint density at radius 2 is 1.81 bits per heavy atom. The second-order valence-electron chi connectivity index (χ2n) is 4.45. The monoisotopic (exact) mass is 360 g/mol. The number of rotatable bonds is 3. The van der Waals surface area contributed by atoms with E-state index in [1.54, 1.807) is 18.2 Å². The van der Waals surface area contributed by atoms with E-state index in [0.717, 1.165) is 12.1 Å². The third kappa shape index (κ3) is 3.69. The maximum absolute atomic E-state index is 13.2. The first-order valence-electron chi connectivity index (χ1n) is 5.90. The molecule has 110 valence electrons. The summed E-state index contributed by atoms with van der Waals surface area (Å²) in [6, 6.07) is 7.75. The molecule has 0 amide bonds. The van der Waals surface area contributed by atoms with Crippen LogP contribution in [0.5, 0.6) is 0 Å². The second kappa shape index (κ2) is 5.97. The van der Waals surface area contributed by atoms with E-state index in [1.807, 2.05) is 0 Å². The van der Waals surface area contributed by atoms with Crippen molar-refractivity contribution in [2.24, 2.45) is 0 Å². The van der Waals surface area contributed by atoms with Crippen LogP contribution in [-0.2, 0) is 12.6 Å². The summed E-state index contributed by atoms with van der Waals surface area (Å²) in [5, 5.41) is 0. The first kappa shape index (κ1) is 15.7. The molecule has 2 aromatic carbocycles. The van der Waals surface area contributed by atoms with E-state index in [2.05, 4.69) is 15.9 Å². The van der Waals surface area contributed by atoms with Gasteiger partial charge in [0.05, 0.1) is 5.56 Å². The lowest BCUT2D eigenvalue weighted by atomic mass is 9.99. The Bertz CT molecular complexity index is 680. The number of carbonyl (C=O) groups is 1. The number of benzene rings is 2. The Labute approximate surface area is 126 Å². The van der Waals surface area contributed by atoms with Gasteiger partial charge in [-0.15, -0.1) is 0 Å². The minimum Gasteiger partial charge on any atom is -0.298 e.